The molecule has 94 valence electrons. The molecule has 2 rings (SSSR count). The van der Waals surface area contributed by atoms with Crippen molar-refractivity contribution in [2.45, 2.75) is 13.5 Å². The molecule has 0 aliphatic carbocycles. The molecule has 0 unspecified atom stereocenters. The molecule has 2 aromatic heterocycles. The summed E-state index contributed by atoms with van der Waals surface area (Å²) in [4.78, 5) is 20.1. The van der Waals surface area contributed by atoms with Crippen molar-refractivity contribution >= 4 is 11.7 Å². The van der Waals surface area contributed by atoms with Gasteiger partial charge in [0.2, 0.25) is 0 Å². The van der Waals surface area contributed by atoms with Gasteiger partial charge < -0.3 is 15.6 Å². The minimum Gasteiger partial charge on any atom is -0.335 e. The smallest absolute Gasteiger partial charge is 0.276 e. The molecule has 0 radical (unpaired) electrons. The lowest BCUT2D eigenvalue weighted by Gasteiger charge is -2.02. The molecular weight excluding hydrogens is 230 g/mol. The van der Waals surface area contributed by atoms with Crippen LogP contribution in [0.2, 0.25) is 0 Å². The van der Waals surface area contributed by atoms with Crippen LogP contribution < -0.4 is 11.1 Å². The van der Waals surface area contributed by atoms with Crippen LogP contribution in [0.4, 0.5) is 5.82 Å². The Labute approximate surface area is 105 Å². The van der Waals surface area contributed by atoms with Gasteiger partial charge >= 0.3 is 0 Å². The van der Waals surface area contributed by atoms with Crippen molar-refractivity contribution in [3.8, 4) is 0 Å². The Bertz CT molecular complexity index is 549. The number of hydrogen-bond donors (Lipinski definition) is 2. The van der Waals surface area contributed by atoms with Crippen molar-refractivity contribution in [3.63, 3.8) is 0 Å². The van der Waals surface area contributed by atoms with Crippen LogP contribution in [-0.2, 0) is 6.54 Å². The largest absolute Gasteiger partial charge is 0.335 e. The van der Waals surface area contributed by atoms with E-state index in [1.54, 1.807) is 23.2 Å². The summed E-state index contributed by atoms with van der Waals surface area (Å²) in [5.41, 5.74) is 6.63. The number of aryl methyl sites for hydroxylation is 1. The van der Waals surface area contributed by atoms with E-state index in [9.17, 15) is 4.79 Å². The molecule has 0 aliphatic heterocycles. The van der Waals surface area contributed by atoms with Crippen LogP contribution in [-0.4, -0.2) is 27.0 Å². The quantitative estimate of drug-likeness (QED) is 0.834. The molecule has 0 saturated heterocycles. The second-order valence-electron chi connectivity index (χ2n) is 3.90. The molecule has 0 bridgehead atoms. The first-order valence-electron chi connectivity index (χ1n) is 5.66. The second kappa shape index (κ2) is 5.42. The predicted molar refractivity (Wildman–Crippen MR) is 68.2 cm³/mol. The van der Waals surface area contributed by atoms with Crippen molar-refractivity contribution in [1.29, 1.82) is 0 Å². The van der Waals surface area contributed by atoms with Gasteiger partial charge in [0.05, 0.1) is 6.33 Å². The van der Waals surface area contributed by atoms with E-state index in [-0.39, 0.29) is 5.91 Å². The molecule has 6 heteroatoms. The molecule has 6 nitrogen and oxygen atoms in total. The minimum absolute atomic E-state index is 0.274. The molecule has 0 aromatic carbocycles. The second-order valence-corrected chi connectivity index (χ2v) is 3.90. The fraction of sp³-hybridized carbons (Fsp3) is 0.250. The van der Waals surface area contributed by atoms with Crippen LogP contribution in [0, 0.1) is 6.92 Å². The van der Waals surface area contributed by atoms with E-state index in [2.05, 4.69) is 15.3 Å². The van der Waals surface area contributed by atoms with Gasteiger partial charge in [-0.1, -0.05) is 6.07 Å². The Morgan fingerprint density at radius 2 is 2.33 bits per heavy atom. The van der Waals surface area contributed by atoms with E-state index >= 15 is 0 Å². The molecule has 0 atom stereocenters. The molecule has 0 saturated carbocycles. The molecule has 0 spiro atoms. The Balaban J connectivity index is 2.07. The van der Waals surface area contributed by atoms with Gasteiger partial charge in [0.15, 0.2) is 0 Å². The standard InChI is InChI=1S/C12H15N5O/c1-9-3-2-4-11(15-9)16-12(18)10-7-17(6-5-13)8-14-10/h2-4,7-8H,5-6,13H2,1H3,(H,15,16,18). The van der Waals surface area contributed by atoms with Gasteiger partial charge in [-0.15, -0.1) is 0 Å². The summed E-state index contributed by atoms with van der Waals surface area (Å²) < 4.78 is 1.78. The number of pyridine rings is 1. The van der Waals surface area contributed by atoms with Crippen molar-refractivity contribution in [1.82, 2.24) is 14.5 Å². The molecule has 2 aromatic rings. The average molecular weight is 245 g/mol. The molecule has 3 N–H and O–H groups in total. The third-order valence-electron chi connectivity index (χ3n) is 2.38. The number of carbonyl (C=O) groups is 1. The lowest BCUT2D eigenvalue weighted by Crippen LogP contribution is -2.14. The van der Waals surface area contributed by atoms with E-state index in [1.807, 2.05) is 19.1 Å². The molecule has 0 aliphatic rings. The first-order valence-corrected chi connectivity index (χ1v) is 5.66. The summed E-state index contributed by atoms with van der Waals surface area (Å²) in [6.07, 6.45) is 3.25. The lowest BCUT2D eigenvalue weighted by molar-refractivity contribution is 0.102. The molecular formula is C12H15N5O. The van der Waals surface area contributed by atoms with Crippen molar-refractivity contribution in [2.24, 2.45) is 5.73 Å². The van der Waals surface area contributed by atoms with Crippen LogP contribution in [0.1, 0.15) is 16.2 Å². The Kier molecular flexibility index (Phi) is 3.69. The topological polar surface area (TPSA) is 85.8 Å². The SMILES string of the molecule is Cc1cccc(NC(=O)c2cn(CCN)cn2)n1. The van der Waals surface area contributed by atoms with Gasteiger partial charge in [0.1, 0.15) is 11.5 Å². The summed E-state index contributed by atoms with van der Waals surface area (Å²) in [5, 5.41) is 2.70. The van der Waals surface area contributed by atoms with Crippen molar-refractivity contribution in [3.05, 3.63) is 42.1 Å². The molecule has 0 fully saturated rings. The third-order valence-corrected chi connectivity index (χ3v) is 2.38. The highest BCUT2D eigenvalue weighted by atomic mass is 16.2. The number of amides is 1. The maximum atomic E-state index is 11.9. The van der Waals surface area contributed by atoms with E-state index < -0.39 is 0 Å². The van der Waals surface area contributed by atoms with Gasteiger partial charge in [-0.3, -0.25) is 4.79 Å². The van der Waals surface area contributed by atoms with Crippen molar-refractivity contribution < 1.29 is 4.79 Å². The minimum atomic E-state index is -0.274. The highest BCUT2D eigenvalue weighted by molar-refractivity contribution is 6.02. The third kappa shape index (κ3) is 2.92. The number of nitrogens with two attached hydrogens (primary N) is 1. The monoisotopic (exact) mass is 245 g/mol. The van der Waals surface area contributed by atoms with E-state index in [1.165, 1.54) is 0 Å². The summed E-state index contributed by atoms with van der Waals surface area (Å²) in [5.74, 6) is 0.247. The zero-order chi connectivity index (χ0) is 13.0. The fourth-order valence-electron chi connectivity index (χ4n) is 1.54. The predicted octanol–water partition coefficient (Wildman–Crippen LogP) is 0.798. The van der Waals surface area contributed by atoms with E-state index in [0.29, 0.717) is 24.6 Å². The van der Waals surface area contributed by atoms with Crippen LogP contribution in [0.3, 0.4) is 0 Å². The number of nitrogens with one attached hydrogen (secondary N) is 1. The highest BCUT2D eigenvalue weighted by Gasteiger charge is 2.10. The van der Waals surface area contributed by atoms with E-state index in [4.69, 9.17) is 5.73 Å². The molecule has 2 heterocycles. The molecule has 1 amide bonds. The summed E-state index contributed by atoms with van der Waals surface area (Å²) in [7, 11) is 0. The summed E-state index contributed by atoms with van der Waals surface area (Å²) in [6.45, 7) is 3.02. The number of aromatic nitrogens is 3. The number of nitrogens with zero attached hydrogens (tertiary/aromatic N) is 3. The average Bonchev–Trinajstić information content (AvgIpc) is 2.78. The summed E-state index contributed by atoms with van der Waals surface area (Å²) in [6, 6.07) is 5.44. The number of anilines is 1. The van der Waals surface area contributed by atoms with Gasteiger partial charge in [-0.25, -0.2) is 9.97 Å². The first kappa shape index (κ1) is 12.3. The van der Waals surface area contributed by atoms with Crippen molar-refractivity contribution in [2.75, 3.05) is 11.9 Å². The van der Waals surface area contributed by atoms with Crippen LogP contribution in [0.25, 0.3) is 0 Å². The Hall–Kier alpha value is -2.21. The van der Waals surface area contributed by atoms with Gasteiger partial charge in [0, 0.05) is 25.0 Å². The van der Waals surface area contributed by atoms with Crippen LogP contribution >= 0.6 is 0 Å². The zero-order valence-corrected chi connectivity index (χ0v) is 10.1. The maximum Gasteiger partial charge on any atom is 0.276 e. The highest BCUT2D eigenvalue weighted by Crippen LogP contribution is 2.06. The zero-order valence-electron chi connectivity index (χ0n) is 10.1. The van der Waals surface area contributed by atoms with Gasteiger partial charge in [0.25, 0.3) is 5.91 Å². The normalized spacial score (nSPS) is 10.3. The maximum absolute atomic E-state index is 11.9. The first-order chi connectivity index (χ1) is 8.69. The van der Waals surface area contributed by atoms with Gasteiger partial charge in [-0.05, 0) is 19.1 Å². The number of imidazole rings is 1. The number of rotatable bonds is 4. The molecule has 18 heavy (non-hydrogen) atoms. The van der Waals surface area contributed by atoms with Crippen LogP contribution in [0.15, 0.2) is 30.7 Å². The van der Waals surface area contributed by atoms with Crippen LogP contribution in [0.5, 0.6) is 0 Å². The number of carbonyl (C=O) groups excluding carboxylic acids is 1. The summed E-state index contributed by atoms with van der Waals surface area (Å²) >= 11 is 0. The Morgan fingerprint density at radius 3 is 3.06 bits per heavy atom. The number of hydrogen-bond acceptors (Lipinski definition) is 4. The fourth-order valence-corrected chi connectivity index (χ4v) is 1.54. The lowest BCUT2D eigenvalue weighted by atomic mass is 10.3. The Morgan fingerprint density at radius 1 is 1.50 bits per heavy atom. The van der Waals surface area contributed by atoms with E-state index in [0.717, 1.165) is 5.69 Å². The van der Waals surface area contributed by atoms with Gasteiger partial charge in [-0.2, -0.15) is 0 Å².